The van der Waals surface area contributed by atoms with Crippen LogP contribution in [0.2, 0.25) is 0 Å². The first kappa shape index (κ1) is 21.2. The van der Waals surface area contributed by atoms with Crippen LogP contribution in [0.1, 0.15) is 43.2 Å². The van der Waals surface area contributed by atoms with E-state index in [0.29, 0.717) is 19.5 Å². The van der Waals surface area contributed by atoms with Crippen LogP contribution < -0.4 is 4.74 Å². The number of hydrogen-bond donors (Lipinski definition) is 1. The number of methoxy groups -OCH3 is 1. The van der Waals surface area contributed by atoms with Gasteiger partial charge < -0.3 is 14.7 Å². The third-order valence-corrected chi connectivity index (χ3v) is 8.86. The van der Waals surface area contributed by atoms with E-state index in [1.54, 1.807) is 18.0 Å². The Balaban J connectivity index is 1.36. The average Bonchev–Trinajstić information content (AvgIpc) is 3.52. The molecule has 1 aromatic heterocycles. The highest BCUT2D eigenvalue weighted by Gasteiger charge is 2.63. The third kappa shape index (κ3) is 3.39. The van der Waals surface area contributed by atoms with Crippen molar-refractivity contribution < 1.29 is 14.6 Å². The number of benzene rings is 1. The standard InChI is InChI=1S/C26H34N4O3/c1-33-21-6-5-20-15-23-26(32)9-14-28(24(31)18-30-11-2-10-27-30)12-7-25(26,22(20)16-21)8-13-29(23)17-19-3-4-19/h2,5-6,10-11,16,19,23,32H,3-4,7-9,12-15,17-18H2,1H3. The van der Waals surface area contributed by atoms with Crippen LogP contribution in [0.5, 0.6) is 5.75 Å². The smallest absolute Gasteiger partial charge is 0.244 e. The maximum absolute atomic E-state index is 13.1. The number of piperidine rings is 1. The molecule has 0 radical (unpaired) electrons. The molecule has 6 rings (SSSR count). The number of aromatic nitrogens is 2. The number of likely N-dealkylation sites (tertiary alicyclic amines) is 2. The molecule has 3 atom stereocenters. The topological polar surface area (TPSA) is 70.8 Å². The summed E-state index contributed by atoms with van der Waals surface area (Å²) in [6, 6.07) is 8.36. The van der Waals surface area contributed by atoms with E-state index < -0.39 is 5.60 Å². The molecule has 0 spiro atoms. The minimum absolute atomic E-state index is 0.0765. The first-order chi connectivity index (χ1) is 16.0. The van der Waals surface area contributed by atoms with Crippen LogP contribution in [-0.2, 0) is 23.2 Å². The van der Waals surface area contributed by atoms with Crippen LogP contribution in [-0.4, -0.2) is 75.5 Å². The van der Waals surface area contributed by atoms with Crippen molar-refractivity contribution >= 4 is 5.91 Å². The maximum atomic E-state index is 13.1. The van der Waals surface area contributed by atoms with E-state index in [2.05, 4.69) is 28.2 Å². The summed E-state index contributed by atoms with van der Waals surface area (Å²) in [6.45, 7) is 3.61. The monoisotopic (exact) mass is 450 g/mol. The first-order valence-electron chi connectivity index (χ1n) is 12.4. The molecule has 3 fully saturated rings. The van der Waals surface area contributed by atoms with Crippen molar-refractivity contribution in [1.82, 2.24) is 19.6 Å². The van der Waals surface area contributed by atoms with Crippen LogP contribution >= 0.6 is 0 Å². The zero-order valence-electron chi connectivity index (χ0n) is 19.4. The second kappa shape index (κ2) is 7.84. The summed E-state index contributed by atoms with van der Waals surface area (Å²) in [5.41, 5.74) is 1.39. The predicted molar refractivity (Wildman–Crippen MR) is 124 cm³/mol. The van der Waals surface area contributed by atoms with Gasteiger partial charge in [-0.2, -0.15) is 5.10 Å². The SMILES string of the molecule is COc1ccc2c(c1)C13CCN(C(=O)Cn4cccn4)CCC1(O)C(C2)N(CC1CC1)CC3. The third-order valence-electron chi connectivity index (χ3n) is 8.86. The van der Waals surface area contributed by atoms with E-state index in [4.69, 9.17) is 4.74 Å². The van der Waals surface area contributed by atoms with Crippen LogP contribution in [0.4, 0.5) is 0 Å². The first-order valence-corrected chi connectivity index (χ1v) is 12.4. The Hall–Kier alpha value is -2.38. The quantitative estimate of drug-likeness (QED) is 0.757. The summed E-state index contributed by atoms with van der Waals surface area (Å²) in [7, 11) is 1.71. The van der Waals surface area contributed by atoms with Gasteiger partial charge in [-0.25, -0.2) is 0 Å². The molecular formula is C26H34N4O3. The number of amides is 1. The molecule has 2 aliphatic heterocycles. The van der Waals surface area contributed by atoms with Crippen molar-refractivity contribution in [1.29, 1.82) is 0 Å². The van der Waals surface area contributed by atoms with Gasteiger partial charge in [0.15, 0.2) is 0 Å². The van der Waals surface area contributed by atoms with Crippen LogP contribution in [0.15, 0.2) is 36.7 Å². The van der Waals surface area contributed by atoms with E-state index in [1.165, 1.54) is 24.0 Å². The minimum Gasteiger partial charge on any atom is -0.497 e. The maximum Gasteiger partial charge on any atom is 0.244 e. The fraction of sp³-hybridized carbons (Fsp3) is 0.615. The number of fused-ring (bicyclic) bond motifs is 1. The molecule has 7 nitrogen and oxygen atoms in total. The lowest BCUT2D eigenvalue weighted by molar-refractivity contribution is -0.149. The number of aliphatic hydroxyl groups is 1. The van der Waals surface area contributed by atoms with E-state index in [0.717, 1.165) is 44.0 Å². The summed E-state index contributed by atoms with van der Waals surface area (Å²) >= 11 is 0. The summed E-state index contributed by atoms with van der Waals surface area (Å²) in [5.74, 6) is 1.71. The molecule has 1 aromatic carbocycles. The summed E-state index contributed by atoms with van der Waals surface area (Å²) in [6.07, 6.45) is 9.34. The number of carbonyl (C=O) groups is 1. The number of ether oxygens (including phenoxy) is 1. The van der Waals surface area contributed by atoms with Crippen LogP contribution in [0, 0.1) is 5.92 Å². The zero-order valence-corrected chi connectivity index (χ0v) is 19.4. The van der Waals surface area contributed by atoms with Crippen molar-refractivity contribution in [2.45, 2.75) is 62.1 Å². The lowest BCUT2D eigenvalue weighted by Crippen LogP contribution is -2.71. The van der Waals surface area contributed by atoms with Gasteiger partial charge in [-0.05, 0) is 80.3 Å². The molecule has 3 heterocycles. The molecule has 2 saturated heterocycles. The van der Waals surface area contributed by atoms with Gasteiger partial charge in [0.2, 0.25) is 5.91 Å². The number of nitrogens with zero attached hydrogens (tertiary/aromatic N) is 4. The summed E-state index contributed by atoms with van der Waals surface area (Å²) in [5, 5.41) is 16.8. The predicted octanol–water partition coefficient (Wildman–Crippen LogP) is 2.22. The van der Waals surface area contributed by atoms with Crippen molar-refractivity contribution in [3.05, 3.63) is 47.8 Å². The van der Waals surface area contributed by atoms with E-state index >= 15 is 0 Å². The van der Waals surface area contributed by atoms with E-state index in [-0.39, 0.29) is 23.9 Å². The highest BCUT2D eigenvalue weighted by atomic mass is 16.5. The van der Waals surface area contributed by atoms with Gasteiger partial charge in [-0.1, -0.05) is 6.07 Å². The molecule has 1 saturated carbocycles. The molecule has 176 valence electrons. The second-order valence-electron chi connectivity index (χ2n) is 10.5. The lowest BCUT2D eigenvalue weighted by atomic mass is 9.52. The largest absolute Gasteiger partial charge is 0.497 e. The van der Waals surface area contributed by atoms with E-state index in [1.807, 2.05) is 17.2 Å². The molecule has 2 aromatic rings. The van der Waals surface area contributed by atoms with Gasteiger partial charge in [-0.15, -0.1) is 0 Å². The molecular weight excluding hydrogens is 416 g/mol. The summed E-state index contributed by atoms with van der Waals surface area (Å²) < 4.78 is 7.28. The van der Waals surface area contributed by atoms with Crippen LogP contribution in [0.3, 0.4) is 0 Å². The Morgan fingerprint density at radius 2 is 2.03 bits per heavy atom. The average molecular weight is 451 g/mol. The van der Waals surface area contributed by atoms with Gasteiger partial charge in [-0.3, -0.25) is 14.4 Å². The summed E-state index contributed by atoms with van der Waals surface area (Å²) in [4.78, 5) is 17.7. The highest BCUT2D eigenvalue weighted by molar-refractivity contribution is 5.76. The molecule has 2 bridgehead atoms. The molecule has 2 aliphatic carbocycles. The van der Waals surface area contributed by atoms with E-state index in [9.17, 15) is 9.90 Å². The van der Waals surface area contributed by atoms with Crippen molar-refractivity contribution in [2.24, 2.45) is 5.92 Å². The Morgan fingerprint density at radius 3 is 2.79 bits per heavy atom. The van der Waals surface area contributed by atoms with Crippen molar-refractivity contribution in [3.8, 4) is 5.75 Å². The van der Waals surface area contributed by atoms with Gasteiger partial charge in [0, 0.05) is 43.5 Å². The highest BCUT2D eigenvalue weighted by Crippen LogP contribution is 2.56. The fourth-order valence-electron chi connectivity index (χ4n) is 6.87. The normalized spacial score (nSPS) is 31.5. The molecule has 7 heteroatoms. The van der Waals surface area contributed by atoms with Gasteiger partial charge >= 0.3 is 0 Å². The molecule has 1 N–H and O–H groups in total. The minimum atomic E-state index is -0.847. The molecule has 33 heavy (non-hydrogen) atoms. The Kier molecular flexibility index (Phi) is 5.03. The Bertz CT molecular complexity index is 1040. The molecule has 4 aliphatic rings. The lowest BCUT2D eigenvalue weighted by Gasteiger charge is -2.61. The molecule has 1 amide bonds. The second-order valence-corrected chi connectivity index (χ2v) is 10.5. The Morgan fingerprint density at radius 1 is 1.21 bits per heavy atom. The zero-order chi connectivity index (χ0) is 22.6. The fourth-order valence-corrected chi connectivity index (χ4v) is 6.87. The van der Waals surface area contributed by atoms with Gasteiger partial charge in [0.1, 0.15) is 12.3 Å². The van der Waals surface area contributed by atoms with Crippen molar-refractivity contribution in [2.75, 3.05) is 33.3 Å². The molecule has 3 unspecified atom stereocenters. The van der Waals surface area contributed by atoms with Crippen molar-refractivity contribution in [3.63, 3.8) is 0 Å². The number of hydrogen-bond acceptors (Lipinski definition) is 5. The van der Waals surface area contributed by atoms with Crippen LogP contribution in [0.25, 0.3) is 0 Å². The Labute approximate surface area is 195 Å². The van der Waals surface area contributed by atoms with Gasteiger partial charge in [0.05, 0.1) is 12.7 Å². The number of rotatable bonds is 5. The van der Waals surface area contributed by atoms with Gasteiger partial charge in [0.25, 0.3) is 0 Å². The number of carbonyl (C=O) groups excluding carboxylic acids is 1.